The molecule has 19 heavy (non-hydrogen) atoms. The Balaban J connectivity index is 2.00. The first-order chi connectivity index (χ1) is 9.10. The topological polar surface area (TPSA) is 41.1 Å². The van der Waals surface area contributed by atoms with Gasteiger partial charge in [0.25, 0.3) is 0 Å². The maximum absolute atomic E-state index is 12.9. The summed E-state index contributed by atoms with van der Waals surface area (Å²) in [5, 5.41) is 6.18. The van der Waals surface area contributed by atoms with Crippen molar-refractivity contribution in [2.75, 3.05) is 11.9 Å². The van der Waals surface area contributed by atoms with Crippen LogP contribution >= 0.6 is 11.6 Å². The minimum absolute atomic E-state index is 0.105. The smallest absolute Gasteiger partial charge is 0.241 e. The van der Waals surface area contributed by atoms with Gasteiger partial charge in [0.1, 0.15) is 5.82 Å². The molecular weight excluding hydrogens is 267 g/mol. The summed E-state index contributed by atoms with van der Waals surface area (Å²) in [4.78, 5) is 12.1. The van der Waals surface area contributed by atoms with E-state index in [4.69, 9.17) is 11.6 Å². The lowest BCUT2D eigenvalue weighted by Gasteiger charge is -2.28. The standard InChI is InChI=1S/C14H18ClFN2O/c1-2-9-5-6-17-13(7-9)14(19)18-12-4-3-10(16)8-11(12)15/h3-4,8-9,13,17H,2,5-7H2,1H3,(H,18,19). The second-order valence-electron chi connectivity index (χ2n) is 4.92. The zero-order chi connectivity index (χ0) is 13.8. The van der Waals surface area contributed by atoms with E-state index in [1.54, 1.807) is 0 Å². The van der Waals surface area contributed by atoms with E-state index in [0.29, 0.717) is 11.6 Å². The Morgan fingerprint density at radius 1 is 1.58 bits per heavy atom. The number of nitrogens with one attached hydrogen (secondary N) is 2. The largest absolute Gasteiger partial charge is 0.323 e. The van der Waals surface area contributed by atoms with Gasteiger partial charge in [-0.15, -0.1) is 0 Å². The van der Waals surface area contributed by atoms with Gasteiger partial charge in [0.05, 0.1) is 16.8 Å². The van der Waals surface area contributed by atoms with Crippen molar-refractivity contribution < 1.29 is 9.18 Å². The molecule has 0 radical (unpaired) electrons. The summed E-state index contributed by atoms with van der Waals surface area (Å²) in [6.07, 6.45) is 3.03. The second-order valence-corrected chi connectivity index (χ2v) is 5.33. The summed E-state index contributed by atoms with van der Waals surface area (Å²) < 4.78 is 12.9. The first kappa shape index (κ1) is 14.3. The summed E-state index contributed by atoms with van der Waals surface area (Å²) in [6, 6.07) is 3.76. The van der Waals surface area contributed by atoms with Gasteiger partial charge in [0.15, 0.2) is 0 Å². The molecule has 1 amide bonds. The van der Waals surface area contributed by atoms with Crippen LogP contribution < -0.4 is 10.6 Å². The number of rotatable bonds is 3. The molecule has 1 aromatic rings. The summed E-state index contributed by atoms with van der Waals surface area (Å²) in [7, 11) is 0. The Labute approximate surface area is 117 Å². The molecular formula is C14H18ClFN2O. The summed E-state index contributed by atoms with van der Waals surface area (Å²) in [5.74, 6) is 0.0668. The predicted octanol–water partition coefficient (Wildman–Crippen LogP) is 3.20. The van der Waals surface area contributed by atoms with Crippen molar-refractivity contribution in [3.8, 4) is 0 Å². The molecule has 1 saturated heterocycles. The van der Waals surface area contributed by atoms with Gasteiger partial charge in [-0.25, -0.2) is 4.39 Å². The highest BCUT2D eigenvalue weighted by atomic mass is 35.5. The normalized spacial score (nSPS) is 23.1. The zero-order valence-corrected chi connectivity index (χ0v) is 11.6. The van der Waals surface area contributed by atoms with Crippen LogP contribution in [0, 0.1) is 11.7 Å². The van der Waals surface area contributed by atoms with Crippen LogP contribution in [0.25, 0.3) is 0 Å². The van der Waals surface area contributed by atoms with Crippen LogP contribution in [0.15, 0.2) is 18.2 Å². The number of carbonyl (C=O) groups excluding carboxylic acids is 1. The molecule has 0 aromatic heterocycles. The van der Waals surface area contributed by atoms with Gasteiger partial charge in [0.2, 0.25) is 5.91 Å². The van der Waals surface area contributed by atoms with Crippen molar-refractivity contribution in [1.82, 2.24) is 5.32 Å². The van der Waals surface area contributed by atoms with E-state index in [1.807, 2.05) is 0 Å². The van der Waals surface area contributed by atoms with Crippen LogP contribution in [-0.4, -0.2) is 18.5 Å². The highest BCUT2D eigenvalue weighted by Crippen LogP contribution is 2.24. The molecule has 0 bridgehead atoms. The Morgan fingerprint density at radius 3 is 3.05 bits per heavy atom. The zero-order valence-electron chi connectivity index (χ0n) is 10.9. The van der Waals surface area contributed by atoms with Gasteiger partial charge in [-0.2, -0.15) is 0 Å². The third-order valence-corrected chi connectivity index (χ3v) is 3.91. The number of anilines is 1. The van der Waals surface area contributed by atoms with Crippen LogP contribution in [0.4, 0.5) is 10.1 Å². The van der Waals surface area contributed by atoms with E-state index in [2.05, 4.69) is 17.6 Å². The van der Waals surface area contributed by atoms with E-state index in [1.165, 1.54) is 18.2 Å². The molecule has 104 valence electrons. The molecule has 1 aliphatic heterocycles. The molecule has 0 spiro atoms. The van der Waals surface area contributed by atoms with Crippen LogP contribution in [0.2, 0.25) is 5.02 Å². The van der Waals surface area contributed by atoms with Gasteiger partial charge in [-0.3, -0.25) is 4.79 Å². The third-order valence-electron chi connectivity index (χ3n) is 3.60. The molecule has 1 aromatic carbocycles. The van der Waals surface area contributed by atoms with Gasteiger partial charge in [-0.1, -0.05) is 24.9 Å². The van der Waals surface area contributed by atoms with Crippen LogP contribution in [0.5, 0.6) is 0 Å². The SMILES string of the molecule is CCC1CCNC(C(=O)Nc2ccc(F)cc2Cl)C1. The molecule has 1 fully saturated rings. The van der Waals surface area contributed by atoms with Gasteiger partial charge in [-0.05, 0) is 43.5 Å². The quantitative estimate of drug-likeness (QED) is 0.895. The molecule has 2 rings (SSSR count). The molecule has 1 aliphatic rings. The average molecular weight is 285 g/mol. The molecule has 2 unspecified atom stereocenters. The fourth-order valence-corrected chi connectivity index (χ4v) is 2.59. The molecule has 2 N–H and O–H groups in total. The number of hydrogen-bond acceptors (Lipinski definition) is 2. The molecule has 3 nitrogen and oxygen atoms in total. The predicted molar refractivity (Wildman–Crippen MR) is 74.8 cm³/mol. The molecule has 5 heteroatoms. The van der Waals surface area contributed by atoms with Crippen LogP contribution in [0.1, 0.15) is 26.2 Å². The number of piperidine rings is 1. The van der Waals surface area contributed by atoms with Crippen LogP contribution in [0.3, 0.4) is 0 Å². The lowest BCUT2D eigenvalue weighted by atomic mass is 9.90. The Morgan fingerprint density at radius 2 is 2.37 bits per heavy atom. The minimum Gasteiger partial charge on any atom is -0.323 e. The molecule has 0 aliphatic carbocycles. The summed E-state index contributed by atoms with van der Waals surface area (Å²) in [6.45, 7) is 3.00. The lowest BCUT2D eigenvalue weighted by molar-refractivity contribution is -0.119. The number of hydrogen-bond donors (Lipinski definition) is 2. The average Bonchev–Trinajstić information content (AvgIpc) is 2.42. The Hall–Kier alpha value is -1.13. The second kappa shape index (κ2) is 6.35. The number of halogens is 2. The highest BCUT2D eigenvalue weighted by molar-refractivity contribution is 6.33. The molecule has 0 saturated carbocycles. The van der Waals surface area contributed by atoms with E-state index < -0.39 is 5.82 Å². The van der Waals surface area contributed by atoms with Crippen molar-refractivity contribution in [1.29, 1.82) is 0 Å². The number of amides is 1. The monoisotopic (exact) mass is 284 g/mol. The molecule has 1 heterocycles. The van der Waals surface area contributed by atoms with E-state index >= 15 is 0 Å². The summed E-state index contributed by atoms with van der Waals surface area (Å²) >= 11 is 5.89. The third kappa shape index (κ3) is 3.67. The maximum Gasteiger partial charge on any atom is 0.241 e. The first-order valence-electron chi connectivity index (χ1n) is 6.59. The fourth-order valence-electron chi connectivity index (χ4n) is 2.38. The van der Waals surface area contributed by atoms with Crippen LogP contribution in [-0.2, 0) is 4.79 Å². The van der Waals surface area contributed by atoms with Gasteiger partial charge >= 0.3 is 0 Å². The Bertz CT molecular complexity index is 467. The maximum atomic E-state index is 12.9. The van der Waals surface area contributed by atoms with Crippen molar-refractivity contribution in [2.45, 2.75) is 32.2 Å². The van der Waals surface area contributed by atoms with E-state index in [-0.39, 0.29) is 17.0 Å². The number of benzene rings is 1. The van der Waals surface area contributed by atoms with Crippen molar-refractivity contribution >= 4 is 23.2 Å². The van der Waals surface area contributed by atoms with Crippen molar-refractivity contribution in [2.24, 2.45) is 5.92 Å². The number of carbonyl (C=O) groups is 1. The van der Waals surface area contributed by atoms with E-state index in [9.17, 15) is 9.18 Å². The highest BCUT2D eigenvalue weighted by Gasteiger charge is 2.26. The lowest BCUT2D eigenvalue weighted by Crippen LogP contribution is -2.46. The minimum atomic E-state index is -0.412. The summed E-state index contributed by atoms with van der Waals surface area (Å²) in [5.41, 5.74) is 0.452. The van der Waals surface area contributed by atoms with Gasteiger partial charge in [0, 0.05) is 0 Å². The van der Waals surface area contributed by atoms with Crippen molar-refractivity contribution in [3.63, 3.8) is 0 Å². The van der Waals surface area contributed by atoms with Crippen molar-refractivity contribution in [3.05, 3.63) is 29.0 Å². The first-order valence-corrected chi connectivity index (χ1v) is 6.97. The molecule has 2 atom stereocenters. The Kier molecular flexibility index (Phi) is 4.77. The van der Waals surface area contributed by atoms with Gasteiger partial charge < -0.3 is 10.6 Å². The van der Waals surface area contributed by atoms with E-state index in [0.717, 1.165) is 25.8 Å². The fraction of sp³-hybridized carbons (Fsp3) is 0.500.